The molecule has 3 unspecified atom stereocenters. The van der Waals surface area contributed by atoms with E-state index >= 15 is 0 Å². The Bertz CT molecular complexity index is 1000. The van der Waals surface area contributed by atoms with Gasteiger partial charge in [0, 0.05) is 23.1 Å². The summed E-state index contributed by atoms with van der Waals surface area (Å²) in [6.07, 6.45) is 5.06. The summed E-state index contributed by atoms with van der Waals surface area (Å²) < 4.78 is 11.9. The fourth-order valence-electron chi connectivity index (χ4n) is 6.63. The number of aliphatic hydroxyl groups is 1. The first-order valence-electron chi connectivity index (χ1n) is 13.0. The highest BCUT2D eigenvalue weighted by Gasteiger charge is 2.76. The van der Waals surface area contributed by atoms with Crippen LogP contribution in [0.5, 0.6) is 5.75 Å². The molecule has 4 aliphatic rings. The predicted molar refractivity (Wildman–Crippen MR) is 136 cm³/mol. The third-order valence-corrected chi connectivity index (χ3v) is 8.91. The second-order valence-corrected chi connectivity index (χ2v) is 11.4. The molecule has 3 amide bonds. The van der Waals surface area contributed by atoms with Gasteiger partial charge in [0.05, 0.1) is 31.2 Å². The Hall–Kier alpha value is -2.17. The number of hydrogen-bond acceptors (Lipinski definition) is 6. The summed E-state index contributed by atoms with van der Waals surface area (Å²) in [6, 6.07) is 6.27. The Morgan fingerprint density at radius 3 is 2.58 bits per heavy atom. The molecular formula is C26H34BrN3O6. The number of nitrogens with one attached hydrogen (secondary N) is 2. The van der Waals surface area contributed by atoms with Crippen LogP contribution >= 0.6 is 15.9 Å². The number of benzene rings is 1. The number of likely N-dealkylation sites (tertiary alicyclic amines) is 1. The van der Waals surface area contributed by atoms with Gasteiger partial charge in [-0.05, 0) is 50.5 Å². The van der Waals surface area contributed by atoms with Gasteiger partial charge in [-0.25, -0.2) is 0 Å². The minimum absolute atomic E-state index is 0.0219. The average molecular weight is 564 g/mol. The molecule has 1 spiro atoms. The third-order valence-electron chi connectivity index (χ3n) is 8.07. The monoisotopic (exact) mass is 563 g/mol. The molecule has 1 aromatic rings. The number of rotatable bonds is 8. The molecule has 1 saturated carbocycles. The highest BCUT2D eigenvalue weighted by molar-refractivity contribution is 9.09. The molecule has 6 atom stereocenters. The van der Waals surface area contributed by atoms with Crippen LogP contribution in [0.15, 0.2) is 24.3 Å². The van der Waals surface area contributed by atoms with E-state index in [0.717, 1.165) is 32.1 Å². The smallest absolute Gasteiger partial charge is 0.246 e. The first-order valence-corrected chi connectivity index (χ1v) is 13.9. The van der Waals surface area contributed by atoms with E-state index in [4.69, 9.17) is 9.47 Å². The third kappa shape index (κ3) is 4.31. The number of hydrogen-bond donors (Lipinski definition) is 3. The molecule has 5 rings (SSSR count). The molecule has 9 nitrogen and oxygen atoms in total. The largest absolute Gasteiger partial charge is 0.494 e. The van der Waals surface area contributed by atoms with E-state index in [-0.39, 0.29) is 41.7 Å². The number of ether oxygens (including phenoxy) is 2. The molecule has 3 heterocycles. The van der Waals surface area contributed by atoms with Gasteiger partial charge in [0.1, 0.15) is 17.4 Å². The summed E-state index contributed by atoms with van der Waals surface area (Å²) in [4.78, 5) is 42.1. The quantitative estimate of drug-likeness (QED) is 0.417. The van der Waals surface area contributed by atoms with Crippen molar-refractivity contribution in [2.24, 2.45) is 11.8 Å². The van der Waals surface area contributed by atoms with E-state index < -0.39 is 29.6 Å². The van der Waals surface area contributed by atoms with Crippen molar-refractivity contribution in [3.8, 4) is 5.75 Å². The topological polar surface area (TPSA) is 117 Å². The minimum Gasteiger partial charge on any atom is -0.494 e. The van der Waals surface area contributed by atoms with Crippen molar-refractivity contribution in [2.45, 2.75) is 74.1 Å². The zero-order valence-electron chi connectivity index (χ0n) is 20.5. The van der Waals surface area contributed by atoms with Crippen LogP contribution in [-0.4, -0.2) is 76.1 Å². The molecule has 10 heteroatoms. The summed E-state index contributed by atoms with van der Waals surface area (Å²) in [5, 5.41) is 15.8. The van der Waals surface area contributed by atoms with Crippen LogP contribution in [0.1, 0.15) is 45.4 Å². The van der Waals surface area contributed by atoms with E-state index in [1.54, 1.807) is 24.3 Å². The maximum atomic E-state index is 13.7. The average Bonchev–Trinajstić information content (AvgIpc) is 3.45. The van der Waals surface area contributed by atoms with Crippen molar-refractivity contribution in [3.63, 3.8) is 0 Å². The van der Waals surface area contributed by atoms with Crippen LogP contribution in [0.3, 0.4) is 0 Å². The maximum absolute atomic E-state index is 13.7. The summed E-state index contributed by atoms with van der Waals surface area (Å²) in [5.41, 5.74) is -0.513. The van der Waals surface area contributed by atoms with Crippen molar-refractivity contribution < 1.29 is 29.0 Å². The number of β-amino-alcohol motifs (C(OH)–C–C–N with tert-alkyl or cyclic N) is 1. The van der Waals surface area contributed by atoms with E-state index in [0.29, 0.717) is 24.5 Å². The van der Waals surface area contributed by atoms with Gasteiger partial charge in [0.2, 0.25) is 17.7 Å². The van der Waals surface area contributed by atoms with Gasteiger partial charge in [-0.15, -0.1) is 0 Å². The Labute approximate surface area is 219 Å². The second-order valence-electron chi connectivity index (χ2n) is 10.2. The Morgan fingerprint density at radius 2 is 1.92 bits per heavy atom. The van der Waals surface area contributed by atoms with Crippen LogP contribution in [0.2, 0.25) is 0 Å². The van der Waals surface area contributed by atoms with Gasteiger partial charge in [0.25, 0.3) is 0 Å². The van der Waals surface area contributed by atoms with E-state index in [1.807, 2.05) is 6.92 Å². The van der Waals surface area contributed by atoms with Crippen LogP contribution in [0.25, 0.3) is 0 Å². The molecule has 196 valence electrons. The SMILES string of the molecule is CCOc1ccc(NC(=O)[C@H]2[C@@H]3OC4(CC3Br)C(C(=O)NC3CCCCC3)N(CCO)C(=O)[C@H]24)cc1. The fourth-order valence-corrected chi connectivity index (χ4v) is 7.57. The molecule has 0 aromatic heterocycles. The van der Waals surface area contributed by atoms with Gasteiger partial charge < -0.3 is 30.1 Å². The van der Waals surface area contributed by atoms with Gasteiger partial charge in [0.15, 0.2) is 0 Å². The maximum Gasteiger partial charge on any atom is 0.246 e. The number of aliphatic hydroxyl groups excluding tert-OH is 1. The lowest BCUT2D eigenvalue weighted by molar-refractivity contribution is -0.142. The van der Waals surface area contributed by atoms with Crippen molar-refractivity contribution in [1.29, 1.82) is 0 Å². The number of nitrogens with zero attached hydrogens (tertiary/aromatic N) is 1. The zero-order chi connectivity index (χ0) is 25.4. The first-order chi connectivity index (χ1) is 17.4. The van der Waals surface area contributed by atoms with Crippen molar-refractivity contribution >= 4 is 39.3 Å². The summed E-state index contributed by atoms with van der Waals surface area (Å²) in [6.45, 7) is 2.20. The molecule has 0 radical (unpaired) electrons. The Morgan fingerprint density at radius 1 is 1.19 bits per heavy atom. The highest BCUT2D eigenvalue weighted by atomic mass is 79.9. The molecule has 2 bridgehead atoms. The van der Waals surface area contributed by atoms with Crippen molar-refractivity contribution in [2.75, 3.05) is 25.1 Å². The molecule has 3 saturated heterocycles. The number of amides is 3. The van der Waals surface area contributed by atoms with Crippen LogP contribution in [0, 0.1) is 11.8 Å². The van der Waals surface area contributed by atoms with Crippen LogP contribution < -0.4 is 15.4 Å². The fraction of sp³-hybridized carbons (Fsp3) is 0.654. The minimum atomic E-state index is -1.11. The molecule has 3 N–H and O–H groups in total. The summed E-state index contributed by atoms with van der Waals surface area (Å²) in [5.74, 6) is -1.70. The van der Waals surface area contributed by atoms with Gasteiger partial charge >= 0.3 is 0 Å². The molecular weight excluding hydrogens is 530 g/mol. The van der Waals surface area contributed by atoms with E-state index in [9.17, 15) is 19.5 Å². The zero-order valence-corrected chi connectivity index (χ0v) is 22.0. The Balaban J connectivity index is 1.40. The molecule has 3 aliphatic heterocycles. The number of carbonyl (C=O) groups excluding carboxylic acids is 3. The highest BCUT2D eigenvalue weighted by Crippen LogP contribution is 2.60. The number of fused-ring (bicyclic) bond motifs is 1. The lowest BCUT2D eigenvalue weighted by atomic mass is 9.70. The second kappa shape index (κ2) is 10.3. The van der Waals surface area contributed by atoms with Crippen molar-refractivity contribution in [1.82, 2.24) is 10.2 Å². The first kappa shape index (κ1) is 25.5. The van der Waals surface area contributed by atoms with Gasteiger partial charge in [-0.3, -0.25) is 14.4 Å². The van der Waals surface area contributed by atoms with E-state index in [2.05, 4.69) is 26.6 Å². The Kier molecular flexibility index (Phi) is 7.29. The summed E-state index contributed by atoms with van der Waals surface area (Å²) >= 11 is 3.67. The standard InChI is InChI=1S/C26H34BrN3O6/c1-2-35-17-10-8-16(9-11-17)28-23(32)19-20-25(34)30(12-13-31)22(26(20)14-18(27)21(19)36-26)24(33)29-15-6-4-3-5-7-15/h8-11,15,18-22,31H,2-7,12-14H2,1H3,(H,28,32)(H,29,33)/t18?,19-,20+,21-,22?,26?/m1/s1. The summed E-state index contributed by atoms with van der Waals surface area (Å²) in [7, 11) is 0. The van der Waals surface area contributed by atoms with Crippen LogP contribution in [0.4, 0.5) is 5.69 Å². The lowest BCUT2D eigenvalue weighted by Gasteiger charge is -2.35. The van der Waals surface area contributed by atoms with Gasteiger partial charge in [-0.2, -0.15) is 0 Å². The molecule has 4 fully saturated rings. The predicted octanol–water partition coefficient (Wildman–Crippen LogP) is 2.21. The lowest BCUT2D eigenvalue weighted by Crippen LogP contribution is -2.57. The number of alkyl halides is 1. The normalized spacial score (nSPS) is 33.5. The number of anilines is 1. The van der Waals surface area contributed by atoms with Crippen molar-refractivity contribution in [3.05, 3.63) is 24.3 Å². The van der Waals surface area contributed by atoms with E-state index in [1.165, 1.54) is 4.90 Å². The molecule has 36 heavy (non-hydrogen) atoms. The number of halogens is 1. The van der Waals surface area contributed by atoms with Gasteiger partial charge in [-0.1, -0.05) is 35.2 Å². The molecule has 1 aromatic carbocycles. The van der Waals surface area contributed by atoms with Crippen LogP contribution in [-0.2, 0) is 19.1 Å². The molecule has 1 aliphatic carbocycles. The number of carbonyl (C=O) groups is 3.